The topological polar surface area (TPSA) is 93.7 Å². The van der Waals surface area contributed by atoms with E-state index in [0.717, 1.165) is 0 Å². The second-order valence-corrected chi connectivity index (χ2v) is 6.49. The Morgan fingerprint density at radius 3 is 2.39 bits per heavy atom. The van der Waals surface area contributed by atoms with Gasteiger partial charge in [0.15, 0.2) is 0 Å². The normalized spacial score (nSPS) is 13.9. The zero-order valence-electron chi connectivity index (χ0n) is 15.8. The molecular weight excluding hydrogens is 360 g/mol. The third-order valence-electron chi connectivity index (χ3n) is 4.60. The molecule has 0 aromatic heterocycles. The molecule has 2 N–H and O–H groups in total. The van der Waals surface area contributed by atoms with Crippen LogP contribution in [0.25, 0.3) is 0 Å². The van der Waals surface area contributed by atoms with E-state index in [1.165, 1.54) is 13.2 Å². The fraction of sp³-hybridized carbons (Fsp3) is 0.286. The highest BCUT2D eigenvalue weighted by atomic mass is 16.5. The van der Waals surface area contributed by atoms with E-state index >= 15 is 0 Å². The molecule has 0 radical (unpaired) electrons. The SMILES string of the molecule is CCOc1ccccc1NC(=O)C1(C(=O)Nc2cccc(C(=O)OC)c2)CC1. The van der Waals surface area contributed by atoms with Gasteiger partial charge in [-0.2, -0.15) is 0 Å². The van der Waals surface area contributed by atoms with Gasteiger partial charge in [-0.05, 0) is 50.1 Å². The van der Waals surface area contributed by atoms with Gasteiger partial charge in [0.25, 0.3) is 0 Å². The average Bonchev–Trinajstić information content (AvgIpc) is 3.51. The number of para-hydroxylation sites is 2. The first-order valence-electron chi connectivity index (χ1n) is 9.03. The van der Waals surface area contributed by atoms with Crippen LogP contribution in [0.1, 0.15) is 30.1 Å². The Hall–Kier alpha value is -3.35. The zero-order chi connectivity index (χ0) is 20.1. The van der Waals surface area contributed by atoms with E-state index in [1.54, 1.807) is 36.4 Å². The lowest BCUT2D eigenvalue weighted by Crippen LogP contribution is -2.35. The van der Waals surface area contributed by atoms with Gasteiger partial charge in [0.1, 0.15) is 11.2 Å². The highest BCUT2D eigenvalue weighted by molar-refractivity contribution is 6.17. The second kappa shape index (κ2) is 8.12. The maximum absolute atomic E-state index is 12.8. The molecule has 1 fully saturated rings. The van der Waals surface area contributed by atoms with E-state index in [0.29, 0.717) is 42.1 Å². The van der Waals surface area contributed by atoms with Gasteiger partial charge < -0.3 is 20.1 Å². The molecule has 1 aliphatic rings. The molecule has 7 heteroatoms. The number of nitrogens with one attached hydrogen (secondary N) is 2. The van der Waals surface area contributed by atoms with Crippen LogP contribution in [0.4, 0.5) is 11.4 Å². The van der Waals surface area contributed by atoms with E-state index < -0.39 is 17.3 Å². The van der Waals surface area contributed by atoms with Crippen molar-refractivity contribution in [1.29, 1.82) is 0 Å². The quantitative estimate of drug-likeness (QED) is 0.566. The van der Waals surface area contributed by atoms with Crippen molar-refractivity contribution in [1.82, 2.24) is 0 Å². The minimum atomic E-state index is -1.12. The third-order valence-corrected chi connectivity index (χ3v) is 4.60. The van der Waals surface area contributed by atoms with Gasteiger partial charge in [-0.15, -0.1) is 0 Å². The van der Waals surface area contributed by atoms with Crippen molar-refractivity contribution in [2.75, 3.05) is 24.4 Å². The lowest BCUT2D eigenvalue weighted by Gasteiger charge is -2.17. The molecule has 0 atom stereocenters. The fourth-order valence-electron chi connectivity index (χ4n) is 2.87. The molecule has 146 valence electrons. The highest BCUT2D eigenvalue weighted by Crippen LogP contribution is 2.48. The van der Waals surface area contributed by atoms with Gasteiger partial charge in [-0.25, -0.2) is 4.79 Å². The maximum Gasteiger partial charge on any atom is 0.337 e. The summed E-state index contributed by atoms with van der Waals surface area (Å²) < 4.78 is 10.2. The molecule has 1 aliphatic carbocycles. The van der Waals surface area contributed by atoms with Gasteiger partial charge in [-0.3, -0.25) is 9.59 Å². The number of anilines is 2. The minimum Gasteiger partial charge on any atom is -0.492 e. The largest absolute Gasteiger partial charge is 0.492 e. The average molecular weight is 382 g/mol. The number of hydrogen-bond acceptors (Lipinski definition) is 5. The number of rotatable bonds is 7. The summed E-state index contributed by atoms with van der Waals surface area (Å²) in [6, 6.07) is 13.5. The van der Waals surface area contributed by atoms with E-state index in [1.807, 2.05) is 13.0 Å². The number of carbonyl (C=O) groups is 3. The first-order valence-corrected chi connectivity index (χ1v) is 9.03. The van der Waals surface area contributed by atoms with Gasteiger partial charge in [-0.1, -0.05) is 18.2 Å². The molecule has 0 saturated heterocycles. The van der Waals surface area contributed by atoms with Crippen LogP contribution >= 0.6 is 0 Å². The minimum absolute atomic E-state index is 0.320. The van der Waals surface area contributed by atoms with Crippen LogP contribution in [0, 0.1) is 5.41 Å². The van der Waals surface area contributed by atoms with Crippen LogP contribution in [-0.2, 0) is 14.3 Å². The van der Waals surface area contributed by atoms with E-state index in [-0.39, 0.29) is 5.91 Å². The van der Waals surface area contributed by atoms with Crippen molar-refractivity contribution in [3.05, 3.63) is 54.1 Å². The van der Waals surface area contributed by atoms with Crippen molar-refractivity contribution in [2.24, 2.45) is 5.41 Å². The number of benzene rings is 2. The van der Waals surface area contributed by atoms with E-state index in [2.05, 4.69) is 15.4 Å². The smallest absolute Gasteiger partial charge is 0.337 e. The summed E-state index contributed by atoms with van der Waals surface area (Å²) in [6.45, 7) is 2.33. The predicted octanol–water partition coefficient (Wildman–Crippen LogP) is 3.23. The number of ether oxygens (including phenoxy) is 2. The second-order valence-electron chi connectivity index (χ2n) is 6.49. The van der Waals surface area contributed by atoms with Crippen LogP contribution in [-0.4, -0.2) is 31.5 Å². The van der Waals surface area contributed by atoms with Crippen LogP contribution < -0.4 is 15.4 Å². The van der Waals surface area contributed by atoms with Gasteiger partial charge in [0, 0.05) is 5.69 Å². The standard InChI is InChI=1S/C21H22N2O5/c1-3-28-17-10-5-4-9-16(17)23-20(26)21(11-12-21)19(25)22-15-8-6-7-14(13-15)18(24)27-2/h4-10,13H,3,11-12H2,1-2H3,(H,22,25)(H,23,26). The molecule has 2 aromatic rings. The Labute approximate surface area is 163 Å². The molecular formula is C21H22N2O5. The summed E-state index contributed by atoms with van der Waals surface area (Å²) in [5, 5.41) is 5.54. The monoisotopic (exact) mass is 382 g/mol. The number of methoxy groups -OCH3 is 1. The molecule has 0 unspecified atom stereocenters. The summed E-state index contributed by atoms with van der Waals surface area (Å²) in [5.41, 5.74) is 0.156. The van der Waals surface area contributed by atoms with Crippen LogP contribution in [0.5, 0.6) is 5.75 Å². The van der Waals surface area contributed by atoms with Gasteiger partial charge in [0.05, 0.1) is 25.0 Å². The van der Waals surface area contributed by atoms with Crippen LogP contribution in [0.15, 0.2) is 48.5 Å². The molecule has 0 heterocycles. The molecule has 7 nitrogen and oxygen atoms in total. The van der Waals surface area contributed by atoms with Crippen molar-refractivity contribution >= 4 is 29.2 Å². The van der Waals surface area contributed by atoms with Crippen LogP contribution in [0.2, 0.25) is 0 Å². The molecule has 0 spiro atoms. The Balaban J connectivity index is 1.72. The summed E-state index contributed by atoms with van der Waals surface area (Å²) in [5.74, 6) is -0.718. The highest BCUT2D eigenvalue weighted by Gasteiger charge is 2.56. The first kappa shape index (κ1) is 19.4. The molecule has 1 saturated carbocycles. The molecule has 0 aliphatic heterocycles. The molecule has 2 aromatic carbocycles. The lowest BCUT2D eigenvalue weighted by atomic mass is 10.0. The molecule has 3 rings (SSSR count). The van der Waals surface area contributed by atoms with Crippen molar-refractivity contribution in [2.45, 2.75) is 19.8 Å². The van der Waals surface area contributed by atoms with Crippen LogP contribution in [0.3, 0.4) is 0 Å². The number of esters is 1. The van der Waals surface area contributed by atoms with Crippen molar-refractivity contribution in [3.63, 3.8) is 0 Å². The Kier molecular flexibility index (Phi) is 5.63. The summed E-state index contributed by atoms with van der Waals surface area (Å²) in [4.78, 5) is 37.2. The van der Waals surface area contributed by atoms with E-state index in [9.17, 15) is 14.4 Å². The zero-order valence-corrected chi connectivity index (χ0v) is 15.8. The number of amides is 2. The first-order chi connectivity index (χ1) is 13.5. The fourth-order valence-corrected chi connectivity index (χ4v) is 2.87. The Bertz CT molecular complexity index is 905. The number of hydrogen-bond donors (Lipinski definition) is 2. The summed E-state index contributed by atoms with van der Waals surface area (Å²) in [6.07, 6.45) is 0.913. The number of carbonyl (C=O) groups excluding carboxylic acids is 3. The third kappa shape index (κ3) is 3.98. The van der Waals surface area contributed by atoms with E-state index in [4.69, 9.17) is 4.74 Å². The lowest BCUT2D eigenvalue weighted by molar-refractivity contribution is -0.131. The maximum atomic E-state index is 12.8. The Morgan fingerprint density at radius 1 is 1.00 bits per heavy atom. The molecule has 28 heavy (non-hydrogen) atoms. The summed E-state index contributed by atoms with van der Waals surface area (Å²) in [7, 11) is 1.29. The van der Waals surface area contributed by atoms with Crippen molar-refractivity contribution < 1.29 is 23.9 Å². The predicted molar refractivity (Wildman–Crippen MR) is 104 cm³/mol. The summed E-state index contributed by atoms with van der Waals surface area (Å²) >= 11 is 0. The molecule has 2 amide bonds. The van der Waals surface area contributed by atoms with Crippen molar-refractivity contribution in [3.8, 4) is 5.75 Å². The molecule has 0 bridgehead atoms. The van der Waals surface area contributed by atoms with Gasteiger partial charge >= 0.3 is 5.97 Å². The Morgan fingerprint density at radius 2 is 1.71 bits per heavy atom. The van der Waals surface area contributed by atoms with Gasteiger partial charge in [0.2, 0.25) is 11.8 Å².